The van der Waals surface area contributed by atoms with E-state index in [9.17, 15) is 13.2 Å². The number of carbonyl (C=O) groups is 1. The molecule has 0 saturated heterocycles. The molecule has 6 heteroatoms. The topological polar surface area (TPSA) is 63.7 Å². The zero-order chi connectivity index (χ0) is 15.9. The molecule has 0 heterocycles. The summed E-state index contributed by atoms with van der Waals surface area (Å²) < 4.78 is 30.8. The Morgan fingerprint density at radius 1 is 1.24 bits per heavy atom. The summed E-state index contributed by atoms with van der Waals surface area (Å²) in [6.07, 6.45) is 0.389. The molecule has 0 aliphatic carbocycles. The molecule has 118 valence electrons. The Morgan fingerprint density at radius 2 is 1.86 bits per heavy atom. The van der Waals surface area contributed by atoms with E-state index in [0.717, 1.165) is 5.56 Å². The van der Waals surface area contributed by atoms with E-state index in [1.807, 2.05) is 44.2 Å². The van der Waals surface area contributed by atoms with Gasteiger partial charge in [-0.3, -0.25) is 4.79 Å². The summed E-state index contributed by atoms with van der Waals surface area (Å²) in [7, 11) is -2.10. The molecule has 0 spiro atoms. The molecule has 1 aromatic carbocycles. The maximum atomic E-state index is 12.4. The number of benzene rings is 1. The predicted molar refractivity (Wildman–Crippen MR) is 82.2 cm³/mol. The first-order valence-electron chi connectivity index (χ1n) is 6.97. The second-order valence-corrected chi connectivity index (χ2v) is 7.16. The first-order chi connectivity index (χ1) is 9.86. The molecule has 0 aliphatic heterocycles. The van der Waals surface area contributed by atoms with Crippen molar-refractivity contribution in [2.45, 2.75) is 39.3 Å². The van der Waals surface area contributed by atoms with Crippen molar-refractivity contribution in [3.05, 3.63) is 35.9 Å². The van der Waals surface area contributed by atoms with E-state index < -0.39 is 10.0 Å². The quantitative estimate of drug-likeness (QED) is 0.690. The van der Waals surface area contributed by atoms with Crippen LogP contribution in [0.4, 0.5) is 0 Å². The van der Waals surface area contributed by atoms with Gasteiger partial charge in [-0.2, -0.15) is 4.31 Å². The van der Waals surface area contributed by atoms with Crippen LogP contribution in [-0.4, -0.2) is 37.6 Å². The van der Waals surface area contributed by atoms with E-state index in [2.05, 4.69) is 4.74 Å². The third-order valence-electron chi connectivity index (χ3n) is 3.13. The van der Waals surface area contributed by atoms with Crippen LogP contribution in [0.1, 0.15) is 32.3 Å². The van der Waals surface area contributed by atoms with Crippen LogP contribution in [-0.2, 0) is 26.1 Å². The molecule has 1 aromatic rings. The number of methoxy groups -OCH3 is 1. The van der Waals surface area contributed by atoms with Gasteiger partial charge in [-0.1, -0.05) is 30.3 Å². The smallest absolute Gasteiger partial charge is 0.305 e. The van der Waals surface area contributed by atoms with Crippen LogP contribution >= 0.6 is 0 Å². The standard InChI is InChI=1S/C15H23NO4S/c1-13(2)16(12-14-8-5-4-6-9-14)21(18,19)11-7-10-15(17)20-3/h4-6,8-9,13H,7,10-12H2,1-3H3. The number of hydrogen-bond donors (Lipinski definition) is 0. The van der Waals surface area contributed by atoms with Crippen LogP contribution in [0.3, 0.4) is 0 Å². The molecule has 0 radical (unpaired) electrons. The van der Waals surface area contributed by atoms with Gasteiger partial charge >= 0.3 is 5.97 Å². The van der Waals surface area contributed by atoms with Gasteiger partial charge < -0.3 is 4.74 Å². The molecule has 0 unspecified atom stereocenters. The zero-order valence-corrected chi connectivity index (χ0v) is 13.6. The predicted octanol–water partition coefficient (Wildman–Crippen LogP) is 2.18. The van der Waals surface area contributed by atoms with Gasteiger partial charge in [-0.25, -0.2) is 8.42 Å². The van der Waals surface area contributed by atoms with E-state index in [1.54, 1.807) is 0 Å². The van der Waals surface area contributed by atoms with Crippen LogP contribution in [0.2, 0.25) is 0 Å². The van der Waals surface area contributed by atoms with Crippen molar-refractivity contribution >= 4 is 16.0 Å². The number of nitrogens with zero attached hydrogens (tertiary/aromatic N) is 1. The van der Waals surface area contributed by atoms with Crippen molar-refractivity contribution in [3.8, 4) is 0 Å². The average Bonchev–Trinajstić information content (AvgIpc) is 2.45. The minimum absolute atomic E-state index is 0.0485. The average molecular weight is 313 g/mol. The summed E-state index contributed by atoms with van der Waals surface area (Å²) in [4.78, 5) is 11.1. The van der Waals surface area contributed by atoms with Gasteiger partial charge in [0.25, 0.3) is 0 Å². The summed E-state index contributed by atoms with van der Waals surface area (Å²) in [5.74, 6) is -0.433. The summed E-state index contributed by atoms with van der Waals surface area (Å²) in [6, 6.07) is 9.34. The van der Waals surface area contributed by atoms with Crippen molar-refractivity contribution < 1.29 is 17.9 Å². The molecule has 0 aliphatic rings. The number of ether oxygens (including phenoxy) is 1. The molecule has 0 atom stereocenters. The van der Waals surface area contributed by atoms with Gasteiger partial charge in [0, 0.05) is 19.0 Å². The highest BCUT2D eigenvalue weighted by Crippen LogP contribution is 2.15. The Balaban J connectivity index is 2.72. The summed E-state index contributed by atoms with van der Waals surface area (Å²) in [5, 5.41) is 0. The van der Waals surface area contributed by atoms with Gasteiger partial charge in [-0.05, 0) is 25.8 Å². The Morgan fingerprint density at radius 3 is 2.38 bits per heavy atom. The van der Waals surface area contributed by atoms with Crippen LogP contribution in [0.25, 0.3) is 0 Å². The summed E-state index contributed by atoms with van der Waals surface area (Å²) in [6.45, 7) is 4.04. The zero-order valence-electron chi connectivity index (χ0n) is 12.8. The highest BCUT2D eigenvalue weighted by Gasteiger charge is 2.25. The molecule has 0 bridgehead atoms. The molecular weight excluding hydrogens is 290 g/mol. The van der Waals surface area contributed by atoms with Gasteiger partial charge in [0.1, 0.15) is 0 Å². The maximum absolute atomic E-state index is 12.4. The second-order valence-electron chi connectivity index (χ2n) is 5.12. The highest BCUT2D eigenvalue weighted by molar-refractivity contribution is 7.89. The largest absolute Gasteiger partial charge is 0.469 e. The number of carbonyl (C=O) groups excluding carboxylic acids is 1. The van der Waals surface area contributed by atoms with E-state index in [4.69, 9.17) is 0 Å². The Labute approximate surface area is 127 Å². The Hall–Kier alpha value is -1.40. The lowest BCUT2D eigenvalue weighted by molar-refractivity contribution is -0.140. The van der Waals surface area contributed by atoms with Gasteiger partial charge in [0.2, 0.25) is 10.0 Å². The molecule has 5 nitrogen and oxygen atoms in total. The van der Waals surface area contributed by atoms with Crippen LogP contribution in [0.15, 0.2) is 30.3 Å². The van der Waals surface area contributed by atoms with E-state index >= 15 is 0 Å². The van der Waals surface area contributed by atoms with E-state index in [1.165, 1.54) is 11.4 Å². The van der Waals surface area contributed by atoms with Gasteiger partial charge in [0.05, 0.1) is 12.9 Å². The summed E-state index contributed by atoms with van der Waals surface area (Å²) >= 11 is 0. The summed E-state index contributed by atoms with van der Waals surface area (Å²) in [5.41, 5.74) is 0.947. The van der Waals surface area contributed by atoms with Crippen LogP contribution in [0, 0.1) is 0 Å². The van der Waals surface area contributed by atoms with Crippen molar-refractivity contribution in [3.63, 3.8) is 0 Å². The number of rotatable bonds is 8. The molecule has 0 fully saturated rings. The fraction of sp³-hybridized carbons (Fsp3) is 0.533. The SMILES string of the molecule is COC(=O)CCCS(=O)(=O)N(Cc1ccccc1)C(C)C. The Kier molecular flexibility index (Phi) is 6.84. The third-order valence-corrected chi connectivity index (χ3v) is 5.20. The first-order valence-corrected chi connectivity index (χ1v) is 8.58. The van der Waals surface area contributed by atoms with E-state index in [0.29, 0.717) is 6.54 Å². The molecule has 0 saturated carbocycles. The first kappa shape index (κ1) is 17.7. The molecule has 0 amide bonds. The number of esters is 1. The Bertz CT molecular complexity index is 540. The van der Waals surface area contributed by atoms with Crippen LogP contribution < -0.4 is 0 Å². The van der Waals surface area contributed by atoms with Gasteiger partial charge in [0.15, 0.2) is 0 Å². The van der Waals surface area contributed by atoms with Crippen molar-refractivity contribution in [2.24, 2.45) is 0 Å². The normalized spacial score (nSPS) is 11.9. The fourth-order valence-corrected chi connectivity index (χ4v) is 3.72. The minimum Gasteiger partial charge on any atom is -0.469 e. The van der Waals surface area contributed by atoms with Crippen molar-refractivity contribution in [2.75, 3.05) is 12.9 Å². The lowest BCUT2D eigenvalue weighted by Gasteiger charge is -2.26. The molecular formula is C15H23NO4S. The fourth-order valence-electron chi connectivity index (χ4n) is 1.98. The molecule has 0 N–H and O–H groups in total. The van der Waals surface area contributed by atoms with Crippen molar-refractivity contribution in [1.82, 2.24) is 4.31 Å². The third kappa shape index (κ3) is 5.85. The second kappa shape index (κ2) is 8.14. The lowest BCUT2D eigenvalue weighted by Crippen LogP contribution is -2.38. The number of sulfonamides is 1. The van der Waals surface area contributed by atoms with Crippen LogP contribution in [0.5, 0.6) is 0 Å². The monoisotopic (exact) mass is 313 g/mol. The molecule has 0 aromatic heterocycles. The van der Waals surface area contributed by atoms with E-state index in [-0.39, 0.29) is 30.6 Å². The molecule has 21 heavy (non-hydrogen) atoms. The highest BCUT2D eigenvalue weighted by atomic mass is 32.2. The molecule has 1 rings (SSSR count). The minimum atomic E-state index is -3.40. The number of hydrogen-bond acceptors (Lipinski definition) is 4. The lowest BCUT2D eigenvalue weighted by atomic mass is 10.2. The van der Waals surface area contributed by atoms with Gasteiger partial charge in [-0.15, -0.1) is 0 Å². The maximum Gasteiger partial charge on any atom is 0.305 e. The van der Waals surface area contributed by atoms with Crippen molar-refractivity contribution in [1.29, 1.82) is 0 Å².